The van der Waals surface area contributed by atoms with Crippen molar-refractivity contribution in [3.05, 3.63) is 77.9 Å². The number of methoxy groups -OCH3 is 1. The molecule has 5 rings (SSSR count). The number of anilines is 1. The predicted octanol–water partition coefficient (Wildman–Crippen LogP) is 5.83. The summed E-state index contributed by atoms with van der Waals surface area (Å²) in [6.45, 7) is 5.32. The number of nitrogens with one attached hydrogen (secondary N) is 2. The lowest BCUT2D eigenvalue weighted by molar-refractivity contribution is 0.102. The molecule has 0 aliphatic carbocycles. The lowest BCUT2D eigenvalue weighted by atomic mass is 10.1. The van der Waals surface area contributed by atoms with Crippen LogP contribution in [0.2, 0.25) is 0 Å². The number of thiazole rings is 1. The van der Waals surface area contributed by atoms with Crippen LogP contribution in [0, 0.1) is 0 Å². The molecule has 1 aromatic heterocycles. The van der Waals surface area contributed by atoms with Crippen molar-refractivity contribution in [1.29, 1.82) is 0 Å². The molecule has 0 spiro atoms. The molecule has 1 aliphatic rings. The maximum absolute atomic E-state index is 12.9. The third-order valence-electron chi connectivity index (χ3n) is 6.38. The monoisotopic (exact) mass is 522 g/mol. The Morgan fingerprint density at radius 2 is 1.78 bits per heavy atom. The van der Waals surface area contributed by atoms with E-state index >= 15 is 0 Å². The Labute approximate surface area is 222 Å². The molecule has 6 nitrogen and oxygen atoms in total. The van der Waals surface area contributed by atoms with Crippen molar-refractivity contribution in [2.24, 2.45) is 0 Å². The Balaban J connectivity index is 0.00000304. The number of carbonyl (C=O) groups excluding carboxylic acids is 1. The van der Waals surface area contributed by atoms with Gasteiger partial charge >= 0.3 is 0 Å². The van der Waals surface area contributed by atoms with Gasteiger partial charge in [0.2, 0.25) is 0 Å². The summed E-state index contributed by atoms with van der Waals surface area (Å²) >= 11 is 1.46. The maximum Gasteiger partial charge on any atom is 0.257 e. The van der Waals surface area contributed by atoms with Gasteiger partial charge in [-0.2, -0.15) is 0 Å². The highest BCUT2D eigenvalue weighted by Crippen LogP contribution is 2.39. The minimum atomic E-state index is -0.169. The molecule has 36 heavy (non-hydrogen) atoms. The van der Waals surface area contributed by atoms with Gasteiger partial charge in [-0.05, 0) is 61.3 Å². The molecule has 0 radical (unpaired) electrons. The van der Waals surface area contributed by atoms with Crippen LogP contribution in [0.4, 0.5) is 5.13 Å². The van der Waals surface area contributed by atoms with Crippen molar-refractivity contribution < 1.29 is 9.53 Å². The molecule has 1 saturated heterocycles. The highest BCUT2D eigenvalue weighted by molar-refractivity contribution is 7.23. The number of carbonyl (C=O) groups is 1. The van der Waals surface area contributed by atoms with Crippen LogP contribution in [-0.4, -0.2) is 49.1 Å². The van der Waals surface area contributed by atoms with Crippen molar-refractivity contribution in [3.63, 3.8) is 0 Å². The molecule has 1 fully saturated rings. The Morgan fingerprint density at radius 1 is 1.03 bits per heavy atom. The molecule has 0 bridgehead atoms. The van der Waals surface area contributed by atoms with E-state index in [1.807, 2.05) is 54.6 Å². The van der Waals surface area contributed by atoms with Gasteiger partial charge in [0, 0.05) is 30.8 Å². The summed E-state index contributed by atoms with van der Waals surface area (Å²) in [6.07, 6.45) is 2.64. The van der Waals surface area contributed by atoms with Crippen LogP contribution in [0.25, 0.3) is 21.3 Å². The molecule has 188 valence electrons. The average Bonchev–Trinajstić information content (AvgIpc) is 3.57. The van der Waals surface area contributed by atoms with Crippen LogP contribution in [-0.2, 0) is 6.54 Å². The zero-order valence-electron chi connectivity index (χ0n) is 20.3. The summed E-state index contributed by atoms with van der Waals surface area (Å²) in [6, 6.07) is 21.9. The summed E-state index contributed by atoms with van der Waals surface area (Å²) < 4.78 is 6.51. The van der Waals surface area contributed by atoms with E-state index in [0.717, 1.165) is 41.0 Å². The number of fused-ring (bicyclic) bond motifs is 1. The quantitative estimate of drug-likeness (QED) is 0.271. The van der Waals surface area contributed by atoms with Crippen LogP contribution in [0.5, 0.6) is 5.75 Å². The second-order valence-corrected chi connectivity index (χ2v) is 9.75. The topological polar surface area (TPSA) is 66.5 Å². The fourth-order valence-electron chi connectivity index (χ4n) is 4.47. The summed E-state index contributed by atoms with van der Waals surface area (Å²) in [4.78, 5) is 20.1. The molecule has 0 unspecified atom stereocenters. The van der Waals surface area contributed by atoms with Crippen LogP contribution in [0.1, 0.15) is 28.8 Å². The molecular weight excluding hydrogens is 492 g/mol. The zero-order valence-corrected chi connectivity index (χ0v) is 22.0. The van der Waals surface area contributed by atoms with Crippen molar-refractivity contribution in [3.8, 4) is 16.9 Å². The molecule has 2 heterocycles. The van der Waals surface area contributed by atoms with Gasteiger partial charge in [-0.1, -0.05) is 53.8 Å². The molecule has 3 aromatic carbocycles. The first kappa shape index (κ1) is 26.1. The van der Waals surface area contributed by atoms with Gasteiger partial charge in [-0.25, -0.2) is 4.98 Å². The normalized spacial score (nSPS) is 13.5. The van der Waals surface area contributed by atoms with E-state index in [1.54, 1.807) is 7.11 Å². The smallest absolute Gasteiger partial charge is 0.257 e. The van der Waals surface area contributed by atoms with E-state index < -0.39 is 0 Å². The third-order valence-corrected chi connectivity index (χ3v) is 7.38. The number of halogens is 1. The van der Waals surface area contributed by atoms with Gasteiger partial charge in [0.25, 0.3) is 5.91 Å². The molecule has 8 heteroatoms. The van der Waals surface area contributed by atoms with Crippen molar-refractivity contribution in [2.45, 2.75) is 19.4 Å². The Morgan fingerprint density at radius 3 is 2.50 bits per heavy atom. The summed E-state index contributed by atoms with van der Waals surface area (Å²) in [5, 5.41) is 7.03. The second-order valence-electron chi connectivity index (χ2n) is 8.75. The summed E-state index contributed by atoms with van der Waals surface area (Å²) in [7, 11) is 1.64. The first-order chi connectivity index (χ1) is 17.2. The number of hydrogen-bond donors (Lipinski definition) is 2. The fraction of sp³-hybridized carbons (Fsp3) is 0.286. The summed E-state index contributed by atoms with van der Waals surface area (Å²) in [5.74, 6) is 0.524. The van der Waals surface area contributed by atoms with E-state index in [2.05, 4.69) is 32.7 Å². The minimum absolute atomic E-state index is 0. The Hall–Kier alpha value is -2.97. The lowest BCUT2D eigenvalue weighted by Gasteiger charge is -2.14. The van der Waals surface area contributed by atoms with Crippen molar-refractivity contribution in [2.75, 3.05) is 38.6 Å². The van der Waals surface area contributed by atoms with E-state index in [-0.39, 0.29) is 18.3 Å². The van der Waals surface area contributed by atoms with Gasteiger partial charge in [0.1, 0.15) is 11.3 Å². The number of hydrogen-bond acceptors (Lipinski definition) is 6. The van der Waals surface area contributed by atoms with E-state index in [9.17, 15) is 4.79 Å². The number of amides is 1. The molecular formula is C28H31ClN4O2S. The number of ether oxygens (including phenoxy) is 1. The zero-order chi connectivity index (χ0) is 24.0. The number of nitrogens with zero attached hydrogens (tertiary/aromatic N) is 2. The molecule has 1 aliphatic heterocycles. The first-order valence-electron chi connectivity index (χ1n) is 12.1. The maximum atomic E-state index is 12.9. The highest BCUT2D eigenvalue weighted by Gasteiger charge is 2.16. The predicted molar refractivity (Wildman–Crippen MR) is 151 cm³/mol. The molecule has 0 saturated carbocycles. The SMILES string of the molecule is COc1ccc(-c2ccccc2)c2sc(NC(=O)c3ccc(CNCCN4CCCC4)cc3)nc12.Cl. The van der Waals surface area contributed by atoms with E-state index in [0.29, 0.717) is 16.4 Å². The number of aromatic nitrogens is 1. The molecule has 1 amide bonds. The van der Waals surface area contributed by atoms with Crippen molar-refractivity contribution >= 4 is 45.0 Å². The molecule has 2 N–H and O–H groups in total. The Kier molecular flexibility index (Phi) is 8.93. The third kappa shape index (κ3) is 6.05. The van der Waals surface area contributed by atoms with Crippen molar-refractivity contribution in [1.82, 2.24) is 15.2 Å². The molecule has 4 aromatic rings. The van der Waals surface area contributed by atoms with Crippen LogP contribution in [0.3, 0.4) is 0 Å². The van der Waals surface area contributed by atoms with Crippen LogP contribution < -0.4 is 15.4 Å². The largest absolute Gasteiger partial charge is 0.494 e. The standard InChI is InChI=1S/C28H30N4O2S.ClH/c1-34-24-14-13-23(21-7-3-2-4-8-21)26-25(24)30-28(35-26)31-27(33)22-11-9-20(10-12-22)19-29-15-18-32-16-5-6-17-32;/h2-4,7-14,29H,5-6,15-19H2,1H3,(H,30,31,33);1H. The molecule has 0 atom stereocenters. The first-order valence-corrected chi connectivity index (χ1v) is 12.9. The number of likely N-dealkylation sites (tertiary alicyclic amines) is 1. The number of rotatable bonds is 9. The number of benzene rings is 3. The highest BCUT2D eigenvalue weighted by atomic mass is 35.5. The van der Waals surface area contributed by atoms with Crippen LogP contribution >= 0.6 is 23.7 Å². The van der Waals surface area contributed by atoms with E-state index in [1.165, 1.54) is 42.8 Å². The summed E-state index contributed by atoms with van der Waals surface area (Å²) in [5.41, 5.74) is 4.71. The fourth-order valence-corrected chi connectivity index (χ4v) is 5.48. The average molecular weight is 523 g/mol. The lowest BCUT2D eigenvalue weighted by Crippen LogP contribution is -2.29. The van der Waals surface area contributed by atoms with Gasteiger partial charge < -0.3 is 15.0 Å². The Bertz CT molecular complexity index is 1290. The second kappa shape index (κ2) is 12.3. The van der Waals surface area contributed by atoms with Gasteiger partial charge in [-0.15, -0.1) is 12.4 Å². The minimum Gasteiger partial charge on any atom is -0.494 e. The van der Waals surface area contributed by atoms with Gasteiger partial charge in [-0.3, -0.25) is 10.1 Å². The van der Waals surface area contributed by atoms with Gasteiger partial charge in [0.05, 0.1) is 11.8 Å². The van der Waals surface area contributed by atoms with Gasteiger partial charge in [0.15, 0.2) is 5.13 Å². The van der Waals surface area contributed by atoms with E-state index in [4.69, 9.17) is 4.74 Å². The van der Waals surface area contributed by atoms with Crippen LogP contribution in [0.15, 0.2) is 66.7 Å².